The number of methoxy groups -OCH3 is 1. The molecule has 1 aromatic heterocycles. The highest BCUT2D eigenvalue weighted by molar-refractivity contribution is 5.95. The zero-order chi connectivity index (χ0) is 22.5. The Hall–Kier alpha value is -3.44. The maximum absolute atomic E-state index is 12.8. The number of nitriles is 1. The molecule has 1 saturated heterocycles. The van der Waals surface area contributed by atoms with Gasteiger partial charge in [0, 0.05) is 43.6 Å². The van der Waals surface area contributed by atoms with Crippen LogP contribution in [0, 0.1) is 11.3 Å². The SMILES string of the molecule is CCCNc1nc(Cc2ccc(C(=O)N3CCOCC3)cc2OC)nc2c1C(C#N)=CC2. The molecule has 0 unspecified atom stereocenters. The van der Waals surface area contributed by atoms with E-state index in [-0.39, 0.29) is 5.91 Å². The number of amides is 1. The number of aromatic nitrogens is 2. The molecule has 2 aliphatic rings. The Labute approximate surface area is 187 Å². The van der Waals surface area contributed by atoms with E-state index >= 15 is 0 Å². The molecule has 0 atom stereocenters. The smallest absolute Gasteiger partial charge is 0.254 e. The number of hydrogen-bond donors (Lipinski definition) is 1. The molecule has 1 fully saturated rings. The monoisotopic (exact) mass is 433 g/mol. The maximum Gasteiger partial charge on any atom is 0.254 e. The quantitative estimate of drug-likeness (QED) is 0.717. The molecule has 0 saturated carbocycles. The maximum atomic E-state index is 12.8. The molecule has 8 nitrogen and oxygen atoms in total. The van der Waals surface area contributed by atoms with Crippen molar-refractivity contribution in [2.45, 2.75) is 26.2 Å². The van der Waals surface area contributed by atoms with Gasteiger partial charge in [0.25, 0.3) is 5.91 Å². The average molecular weight is 434 g/mol. The number of nitrogens with one attached hydrogen (secondary N) is 1. The van der Waals surface area contributed by atoms with Gasteiger partial charge in [0.1, 0.15) is 17.4 Å². The predicted molar refractivity (Wildman–Crippen MR) is 121 cm³/mol. The first-order valence-corrected chi connectivity index (χ1v) is 10.9. The van der Waals surface area contributed by atoms with E-state index in [1.54, 1.807) is 18.1 Å². The van der Waals surface area contributed by atoms with E-state index < -0.39 is 0 Å². The summed E-state index contributed by atoms with van der Waals surface area (Å²) in [5.74, 6) is 1.97. The second kappa shape index (κ2) is 9.79. The van der Waals surface area contributed by atoms with E-state index in [0.29, 0.717) is 67.7 Å². The van der Waals surface area contributed by atoms with E-state index in [9.17, 15) is 10.1 Å². The van der Waals surface area contributed by atoms with E-state index in [4.69, 9.17) is 19.4 Å². The summed E-state index contributed by atoms with van der Waals surface area (Å²) in [5, 5.41) is 12.8. The minimum Gasteiger partial charge on any atom is -0.496 e. The van der Waals surface area contributed by atoms with Crippen LogP contribution in [0.5, 0.6) is 5.75 Å². The topological polar surface area (TPSA) is 100 Å². The van der Waals surface area contributed by atoms with Crippen LogP contribution in [0.2, 0.25) is 0 Å². The minimum absolute atomic E-state index is 0.0203. The fourth-order valence-corrected chi connectivity index (χ4v) is 3.98. The van der Waals surface area contributed by atoms with Crippen LogP contribution >= 0.6 is 0 Å². The number of anilines is 1. The molecule has 4 rings (SSSR count). The fourth-order valence-electron chi connectivity index (χ4n) is 3.98. The number of carbonyl (C=O) groups is 1. The van der Waals surface area contributed by atoms with Crippen molar-refractivity contribution in [3.8, 4) is 11.8 Å². The van der Waals surface area contributed by atoms with Gasteiger partial charge in [0.2, 0.25) is 0 Å². The lowest BCUT2D eigenvalue weighted by Crippen LogP contribution is -2.40. The Balaban J connectivity index is 1.60. The van der Waals surface area contributed by atoms with Gasteiger partial charge in [-0.3, -0.25) is 4.79 Å². The number of nitrogens with zero attached hydrogens (tertiary/aromatic N) is 4. The van der Waals surface area contributed by atoms with Gasteiger partial charge in [-0.1, -0.05) is 19.1 Å². The molecule has 1 aliphatic carbocycles. The van der Waals surface area contributed by atoms with Crippen LogP contribution in [0.15, 0.2) is 24.3 Å². The predicted octanol–water partition coefficient (Wildman–Crippen LogP) is 2.83. The lowest BCUT2D eigenvalue weighted by molar-refractivity contribution is 0.0302. The van der Waals surface area contributed by atoms with Gasteiger partial charge in [-0.25, -0.2) is 9.97 Å². The van der Waals surface area contributed by atoms with E-state index in [1.165, 1.54) is 0 Å². The molecular weight excluding hydrogens is 406 g/mol. The van der Waals surface area contributed by atoms with Crippen LogP contribution in [-0.4, -0.2) is 60.7 Å². The van der Waals surface area contributed by atoms with Crippen molar-refractivity contribution in [2.75, 3.05) is 45.3 Å². The lowest BCUT2D eigenvalue weighted by atomic mass is 10.1. The number of benzene rings is 1. The summed E-state index contributed by atoms with van der Waals surface area (Å²) in [5.41, 5.74) is 3.79. The molecule has 2 heterocycles. The Morgan fingerprint density at radius 1 is 1.31 bits per heavy atom. The Bertz CT molecular complexity index is 1080. The van der Waals surface area contributed by atoms with Crippen molar-refractivity contribution >= 4 is 17.3 Å². The zero-order valence-corrected chi connectivity index (χ0v) is 18.5. The summed E-state index contributed by atoms with van der Waals surface area (Å²) in [6.45, 7) is 5.17. The highest BCUT2D eigenvalue weighted by Crippen LogP contribution is 2.32. The summed E-state index contributed by atoms with van der Waals surface area (Å²) in [7, 11) is 1.60. The summed E-state index contributed by atoms with van der Waals surface area (Å²) in [4.78, 5) is 24.1. The largest absolute Gasteiger partial charge is 0.496 e. The van der Waals surface area contributed by atoms with Crippen molar-refractivity contribution in [3.05, 3.63) is 52.5 Å². The Kier molecular flexibility index (Phi) is 6.66. The second-order valence-corrected chi connectivity index (χ2v) is 7.78. The molecule has 0 spiro atoms. The number of ether oxygens (including phenoxy) is 2. The van der Waals surface area contributed by atoms with Gasteiger partial charge in [-0.15, -0.1) is 0 Å². The average Bonchev–Trinajstić information content (AvgIpc) is 3.26. The first-order valence-electron chi connectivity index (χ1n) is 10.9. The van der Waals surface area contributed by atoms with Crippen LogP contribution in [0.3, 0.4) is 0 Å². The molecule has 1 N–H and O–H groups in total. The Morgan fingerprint density at radius 3 is 2.84 bits per heavy atom. The molecule has 32 heavy (non-hydrogen) atoms. The zero-order valence-electron chi connectivity index (χ0n) is 18.5. The van der Waals surface area contributed by atoms with Crippen LogP contribution in [0.1, 0.15) is 46.3 Å². The number of morpholine rings is 1. The van der Waals surface area contributed by atoms with E-state index in [1.807, 2.05) is 18.2 Å². The third-order valence-corrected chi connectivity index (χ3v) is 5.64. The first kappa shape index (κ1) is 21.8. The summed E-state index contributed by atoms with van der Waals surface area (Å²) in [6, 6.07) is 7.76. The highest BCUT2D eigenvalue weighted by Gasteiger charge is 2.23. The number of hydrogen-bond acceptors (Lipinski definition) is 7. The molecule has 0 bridgehead atoms. The van der Waals surface area contributed by atoms with E-state index in [0.717, 1.165) is 29.8 Å². The highest BCUT2D eigenvalue weighted by atomic mass is 16.5. The molecule has 0 radical (unpaired) electrons. The number of fused-ring (bicyclic) bond motifs is 1. The molecular formula is C24H27N5O3. The van der Waals surface area contributed by atoms with Crippen molar-refractivity contribution in [3.63, 3.8) is 0 Å². The molecule has 8 heteroatoms. The summed E-state index contributed by atoms with van der Waals surface area (Å²) >= 11 is 0. The number of rotatable bonds is 7. The molecule has 1 aliphatic heterocycles. The minimum atomic E-state index is -0.0203. The third-order valence-electron chi connectivity index (χ3n) is 5.64. The first-order chi connectivity index (χ1) is 15.6. The Morgan fingerprint density at radius 2 is 2.12 bits per heavy atom. The van der Waals surface area contributed by atoms with Crippen molar-refractivity contribution < 1.29 is 14.3 Å². The van der Waals surface area contributed by atoms with Gasteiger partial charge in [0.15, 0.2) is 0 Å². The van der Waals surface area contributed by atoms with Crippen molar-refractivity contribution in [2.24, 2.45) is 0 Å². The van der Waals surface area contributed by atoms with Crippen LogP contribution in [0.25, 0.3) is 5.57 Å². The number of carbonyl (C=O) groups excluding carboxylic acids is 1. The van der Waals surface area contributed by atoms with Crippen LogP contribution in [0.4, 0.5) is 5.82 Å². The number of allylic oxidation sites excluding steroid dienone is 2. The fraction of sp³-hybridized carbons (Fsp3) is 0.417. The molecule has 1 amide bonds. The van der Waals surface area contributed by atoms with Crippen molar-refractivity contribution in [1.29, 1.82) is 5.26 Å². The van der Waals surface area contributed by atoms with Crippen LogP contribution in [-0.2, 0) is 17.6 Å². The molecule has 2 aromatic rings. The van der Waals surface area contributed by atoms with E-state index in [2.05, 4.69) is 18.3 Å². The summed E-state index contributed by atoms with van der Waals surface area (Å²) in [6.07, 6.45) is 3.93. The molecule has 1 aromatic carbocycles. The summed E-state index contributed by atoms with van der Waals surface area (Å²) < 4.78 is 10.9. The second-order valence-electron chi connectivity index (χ2n) is 7.78. The van der Waals surface area contributed by atoms with Gasteiger partial charge < -0.3 is 19.7 Å². The van der Waals surface area contributed by atoms with Gasteiger partial charge in [0.05, 0.1) is 43.2 Å². The van der Waals surface area contributed by atoms with Crippen molar-refractivity contribution in [1.82, 2.24) is 14.9 Å². The van der Waals surface area contributed by atoms with Gasteiger partial charge >= 0.3 is 0 Å². The third kappa shape index (κ3) is 4.43. The van der Waals surface area contributed by atoms with Crippen LogP contribution < -0.4 is 10.1 Å². The molecule has 166 valence electrons. The van der Waals surface area contributed by atoms with Gasteiger partial charge in [-0.05, 0) is 18.6 Å². The normalized spacial score (nSPS) is 15.0. The van der Waals surface area contributed by atoms with Gasteiger partial charge in [-0.2, -0.15) is 5.26 Å². The standard InChI is InChI=1S/C24H27N5O3/c1-3-8-26-23-22-18(15-25)6-7-19(22)27-21(28-23)14-16-4-5-17(13-20(16)31-2)24(30)29-9-11-32-12-10-29/h4-6,13H,3,7-12,14H2,1-2H3,(H,26,27,28). The lowest BCUT2D eigenvalue weighted by Gasteiger charge is -2.27.